The van der Waals surface area contributed by atoms with Crippen LogP contribution in [-0.2, 0) is 22.4 Å². The lowest BCUT2D eigenvalue weighted by molar-refractivity contribution is -0.142. The minimum atomic E-state index is -0.517. The monoisotopic (exact) mass is 405 g/mol. The van der Waals surface area contributed by atoms with Gasteiger partial charge in [0.1, 0.15) is 0 Å². The molecule has 4 rings (SSSR count). The minimum Gasteiger partial charge on any atom is -0.457 e. The molecule has 0 atom stereocenters. The van der Waals surface area contributed by atoms with Crippen LogP contribution in [0.5, 0.6) is 0 Å². The number of ketones is 1. The van der Waals surface area contributed by atoms with Crippen molar-refractivity contribution in [2.45, 2.75) is 39.0 Å². The summed E-state index contributed by atoms with van der Waals surface area (Å²) >= 11 is 0. The zero-order valence-corrected chi connectivity index (χ0v) is 16.9. The van der Waals surface area contributed by atoms with Crippen molar-refractivity contribution in [2.75, 3.05) is 13.2 Å². The predicted molar refractivity (Wildman–Crippen MR) is 110 cm³/mol. The van der Waals surface area contributed by atoms with Gasteiger partial charge in [-0.15, -0.1) is 0 Å². The van der Waals surface area contributed by atoms with E-state index < -0.39 is 5.97 Å². The number of ether oxygens (including phenoxy) is 1. The third-order valence-electron chi connectivity index (χ3n) is 5.67. The van der Waals surface area contributed by atoms with Crippen LogP contribution in [0.3, 0.4) is 0 Å². The maximum absolute atomic E-state index is 12.4. The number of imide groups is 1. The Hall–Kier alpha value is -3.28. The lowest BCUT2D eigenvalue weighted by atomic mass is 10.0. The number of carbonyl (C=O) groups is 4. The van der Waals surface area contributed by atoms with Crippen LogP contribution in [-0.4, -0.2) is 41.6 Å². The van der Waals surface area contributed by atoms with Crippen LogP contribution >= 0.6 is 0 Å². The molecule has 1 aliphatic heterocycles. The van der Waals surface area contributed by atoms with Gasteiger partial charge in [0.25, 0.3) is 11.8 Å². The highest BCUT2D eigenvalue weighted by atomic mass is 16.5. The number of benzene rings is 2. The Morgan fingerprint density at radius 2 is 1.73 bits per heavy atom. The molecule has 0 spiro atoms. The van der Waals surface area contributed by atoms with Gasteiger partial charge in [0.05, 0.1) is 11.1 Å². The van der Waals surface area contributed by atoms with Gasteiger partial charge in [-0.2, -0.15) is 0 Å². The molecule has 0 N–H and O–H groups in total. The lowest BCUT2D eigenvalue weighted by Gasteiger charge is -2.13. The van der Waals surface area contributed by atoms with E-state index >= 15 is 0 Å². The Bertz CT molecular complexity index is 1060. The number of rotatable bonds is 7. The molecule has 0 fully saturated rings. The number of aryl methyl sites for hydroxylation is 3. The first kappa shape index (κ1) is 20.0. The first-order valence-corrected chi connectivity index (χ1v) is 10.2. The molecule has 0 aromatic heterocycles. The summed E-state index contributed by atoms with van der Waals surface area (Å²) in [6, 6.07) is 10.8. The number of amides is 2. The van der Waals surface area contributed by atoms with Gasteiger partial charge in [-0.05, 0) is 61.9 Å². The summed E-state index contributed by atoms with van der Waals surface area (Å²) < 4.78 is 5.10. The molecular formula is C24H23NO5. The van der Waals surface area contributed by atoms with Gasteiger partial charge in [0.15, 0.2) is 12.4 Å². The maximum Gasteiger partial charge on any atom is 0.306 e. The molecule has 2 aromatic rings. The largest absolute Gasteiger partial charge is 0.457 e. The molecule has 0 saturated carbocycles. The van der Waals surface area contributed by atoms with E-state index in [4.69, 9.17) is 4.74 Å². The van der Waals surface area contributed by atoms with Gasteiger partial charge in [-0.3, -0.25) is 24.1 Å². The van der Waals surface area contributed by atoms with Crippen molar-refractivity contribution in [3.05, 3.63) is 69.8 Å². The summed E-state index contributed by atoms with van der Waals surface area (Å²) in [5.41, 5.74) is 4.75. The van der Waals surface area contributed by atoms with Crippen molar-refractivity contribution >= 4 is 23.6 Å². The SMILES string of the molecule is Cc1ccc2c(c1)C(=O)N(CCCC(=O)OCC(=O)c1ccc3c(c1)CCC3)C2=O. The summed E-state index contributed by atoms with van der Waals surface area (Å²) in [6.45, 7) is 1.70. The smallest absolute Gasteiger partial charge is 0.306 e. The average Bonchev–Trinajstić information content (AvgIpc) is 3.29. The highest BCUT2D eigenvalue weighted by Gasteiger charge is 2.35. The number of hydrogen-bond donors (Lipinski definition) is 0. The molecule has 6 heteroatoms. The van der Waals surface area contributed by atoms with Crippen LogP contribution in [0.1, 0.15) is 67.0 Å². The fraction of sp³-hybridized carbons (Fsp3) is 0.333. The Balaban J connectivity index is 1.24. The van der Waals surface area contributed by atoms with Crippen molar-refractivity contribution in [2.24, 2.45) is 0 Å². The highest BCUT2D eigenvalue weighted by Crippen LogP contribution is 2.25. The highest BCUT2D eigenvalue weighted by molar-refractivity contribution is 6.21. The number of nitrogens with zero attached hydrogens (tertiary/aromatic N) is 1. The van der Waals surface area contributed by atoms with Crippen LogP contribution < -0.4 is 0 Å². The van der Waals surface area contributed by atoms with E-state index in [-0.39, 0.29) is 43.6 Å². The van der Waals surface area contributed by atoms with Crippen LogP contribution in [0.4, 0.5) is 0 Å². The fourth-order valence-corrected chi connectivity index (χ4v) is 4.04. The summed E-state index contributed by atoms with van der Waals surface area (Å²) in [5.74, 6) is -1.42. The normalized spacial score (nSPS) is 14.6. The van der Waals surface area contributed by atoms with E-state index in [1.54, 1.807) is 24.3 Å². The van der Waals surface area contributed by atoms with Crippen molar-refractivity contribution < 1.29 is 23.9 Å². The van der Waals surface area contributed by atoms with Gasteiger partial charge in [-0.1, -0.05) is 23.8 Å². The summed E-state index contributed by atoms with van der Waals surface area (Å²) in [4.78, 5) is 50.3. The predicted octanol–water partition coefficient (Wildman–Crippen LogP) is 3.29. The first-order valence-electron chi connectivity index (χ1n) is 10.2. The lowest BCUT2D eigenvalue weighted by Crippen LogP contribution is -2.31. The third kappa shape index (κ3) is 3.90. The number of Topliss-reactive ketones (excluding diaryl/α,β-unsaturated/α-hetero) is 1. The number of esters is 1. The average molecular weight is 405 g/mol. The van der Waals surface area contributed by atoms with Crippen molar-refractivity contribution in [1.29, 1.82) is 0 Å². The molecule has 2 amide bonds. The van der Waals surface area contributed by atoms with E-state index in [1.165, 1.54) is 11.1 Å². The molecule has 1 heterocycles. The van der Waals surface area contributed by atoms with Crippen LogP contribution in [0.2, 0.25) is 0 Å². The van der Waals surface area contributed by atoms with E-state index in [2.05, 4.69) is 0 Å². The Kier molecular flexibility index (Phi) is 5.48. The Morgan fingerprint density at radius 3 is 2.57 bits per heavy atom. The zero-order valence-electron chi connectivity index (χ0n) is 16.9. The molecule has 0 unspecified atom stereocenters. The van der Waals surface area contributed by atoms with Gasteiger partial charge in [0, 0.05) is 18.5 Å². The molecule has 30 heavy (non-hydrogen) atoms. The van der Waals surface area contributed by atoms with Crippen molar-refractivity contribution in [3.8, 4) is 0 Å². The molecular weight excluding hydrogens is 382 g/mol. The molecule has 2 aliphatic rings. The summed E-state index contributed by atoms with van der Waals surface area (Å²) in [6.07, 6.45) is 3.45. The molecule has 6 nitrogen and oxygen atoms in total. The second kappa shape index (κ2) is 8.22. The van der Waals surface area contributed by atoms with Crippen molar-refractivity contribution in [1.82, 2.24) is 4.90 Å². The van der Waals surface area contributed by atoms with Gasteiger partial charge >= 0.3 is 5.97 Å². The number of fused-ring (bicyclic) bond motifs is 2. The fourth-order valence-electron chi connectivity index (χ4n) is 4.04. The standard InChI is InChI=1S/C24H23NO5/c1-15-7-10-19-20(12-15)24(29)25(23(19)28)11-3-6-22(27)30-14-21(26)18-9-8-16-4-2-5-17(16)13-18/h7-10,12-13H,2-6,11,14H2,1H3. The van der Waals surface area contributed by atoms with E-state index in [0.717, 1.165) is 29.7 Å². The van der Waals surface area contributed by atoms with Crippen LogP contribution in [0.15, 0.2) is 36.4 Å². The number of hydrogen-bond acceptors (Lipinski definition) is 5. The third-order valence-corrected chi connectivity index (χ3v) is 5.67. The molecule has 0 bridgehead atoms. The van der Waals surface area contributed by atoms with Gasteiger partial charge in [-0.25, -0.2) is 0 Å². The molecule has 0 radical (unpaired) electrons. The summed E-state index contributed by atoms with van der Waals surface area (Å²) in [7, 11) is 0. The van der Waals surface area contributed by atoms with Gasteiger partial charge in [0.2, 0.25) is 0 Å². The van der Waals surface area contributed by atoms with E-state index in [0.29, 0.717) is 16.7 Å². The molecule has 154 valence electrons. The van der Waals surface area contributed by atoms with Crippen molar-refractivity contribution in [3.63, 3.8) is 0 Å². The maximum atomic E-state index is 12.4. The Morgan fingerprint density at radius 1 is 0.967 bits per heavy atom. The van der Waals surface area contributed by atoms with E-state index in [1.807, 2.05) is 19.1 Å². The minimum absolute atomic E-state index is 0.0316. The zero-order chi connectivity index (χ0) is 21.3. The topological polar surface area (TPSA) is 80.8 Å². The summed E-state index contributed by atoms with van der Waals surface area (Å²) in [5, 5.41) is 0. The van der Waals surface area contributed by atoms with Crippen LogP contribution in [0, 0.1) is 6.92 Å². The number of carbonyl (C=O) groups excluding carboxylic acids is 4. The first-order chi connectivity index (χ1) is 14.4. The second-order valence-electron chi connectivity index (χ2n) is 7.84. The molecule has 1 aliphatic carbocycles. The van der Waals surface area contributed by atoms with Gasteiger partial charge < -0.3 is 4.74 Å². The molecule has 0 saturated heterocycles. The second-order valence-corrected chi connectivity index (χ2v) is 7.84. The molecule has 2 aromatic carbocycles. The Labute approximate surface area is 174 Å². The van der Waals surface area contributed by atoms with E-state index in [9.17, 15) is 19.2 Å². The van der Waals surface area contributed by atoms with Crippen LogP contribution in [0.25, 0.3) is 0 Å². The quantitative estimate of drug-likeness (QED) is 0.401.